The second-order valence-electron chi connectivity index (χ2n) is 18.5. The van der Waals surface area contributed by atoms with Crippen LogP contribution in [-0.4, -0.2) is 88.2 Å². The number of hydrogen-bond donors (Lipinski definition) is 0. The minimum absolute atomic E-state index is 0.121. The van der Waals surface area contributed by atoms with E-state index in [-0.39, 0.29) is 17.7 Å². The Balaban J connectivity index is 0.000000179. The molecule has 2 atom stereocenters. The number of amides is 2. The lowest BCUT2D eigenvalue weighted by Gasteiger charge is -2.37. The monoisotopic (exact) mass is 1110 g/mol. The molecule has 0 radical (unpaired) electrons. The first kappa shape index (κ1) is 49.5. The van der Waals surface area contributed by atoms with Crippen molar-refractivity contribution in [1.29, 1.82) is 0 Å². The van der Waals surface area contributed by atoms with Crippen LogP contribution in [0.3, 0.4) is 0 Å². The maximum atomic E-state index is 13.0. The third kappa shape index (κ3) is 12.1. The zero-order valence-electron chi connectivity index (χ0n) is 36.9. The van der Waals surface area contributed by atoms with Crippen LogP contribution in [0.1, 0.15) is 127 Å². The van der Waals surface area contributed by atoms with Gasteiger partial charge >= 0.3 is 0 Å². The van der Waals surface area contributed by atoms with Crippen molar-refractivity contribution in [3.8, 4) is 0 Å². The van der Waals surface area contributed by atoms with Crippen molar-refractivity contribution >= 4 is 102 Å². The second kappa shape index (κ2) is 23.1. The number of aryl methyl sites for hydroxylation is 4. The van der Waals surface area contributed by atoms with Gasteiger partial charge in [-0.05, 0) is 210 Å². The maximum Gasteiger partial charge on any atom is 0.222 e. The first-order valence-corrected chi connectivity index (χ1v) is 27.2. The minimum atomic E-state index is 0.121. The molecular formula is C51H58Br2Cl5N5O2. The van der Waals surface area contributed by atoms with Gasteiger partial charge in [0, 0.05) is 98.2 Å². The molecule has 0 saturated carbocycles. The SMILES string of the molecule is O=C(CCCCl)N1CCC(C2c3ncc(Br)cc3CCc3cc(Cl)cc(Cl)c32)CC1.O=C(CCCN1CCCCC1)N1CCC(C2c3ncc(Br)cc3CCc3cc(Cl)cc(Cl)c32)CC1. The van der Waals surface area contributed by atoms with Crippen LogP contribution in [0.2, 0.25) is 20.1 Å². The zero-order chi connectivity index (χ0) is 45.6. The molecule has 4 aromatic rings. The van der Waals surface area contributed by atoms with Crippen LogP contribution < -0.4 is 0 Å². The van der Waals surface area contributed by atoms with Gasteiger partial charge in [-0.2, -0.15) is 0 Å². The van der Waals surface area contributed by atoms with E-state index in [0.29, 0.717) is 46.5 Å². The third-order valence-corrected chi connectivity index (χ3v) is 16.6. The largest absolute Gasteiger partial charge is 0.343 e. The molecule has 3 saturated heterocycles. The predicted molar refractivity (Wildman–Crippen MR) is 273 cm³/mol. The molecule has 0 bridgehead atoms. The summed E-state index contributed by atoms with van der Waals surface area (Å²) in [7, 11) is 0. The molecule has 348 valence electrons. The zero-order valence-corrected chi connectivity index (χ0v) is 43.8. The van der Waals surface area contributed by atoms with E-state index in [9.17, 15) is 9.59 Å². The molecular weight excluding hydrogens is 1050 g/mol. The maximum absolute atomic E-state index is 13.0. The normalized spacial score (nSPS) is 20.4. The lowest BCUT2D eigenvalue weighted by molar-refractivity contribution is -0.133. The molecule has 7 nitrogen and oxygen atoms in total. The summed E-state index contributed by atoms with van der Waals surface area (Å²) >= 11 is 39.3. The molecule has 0 N–H and O–H groups in total. The van der Waals surface area contributed by atoms with E-state index in [1.807, 2.05) is 29.4 Å². The Morgan fingerprint density at radius 1 is 0.569 bits per heavy atom. The highest BCUT2D eigenvalue weighted by atomic mass is 79.9. The van der Waals surface area contributed by atoms with Crippen LogP contribution >= 0.6 is 89.9 Å². The molecule has 2 aromatic heterocycles. The Morgan fingerprint density at radius 3 is 1.45 bits per heavy atom. The average molecular weight is 1110 g/mol. The van der Waals surface area contributed by atoms with Crippen LogP contribution in [0.25, 0.3) is 0 Å². The molecule has 65 heavy (non-hydrogen) atoms. The molecule has 14 heteroatoms. The number of halogens is 7. The van der Waals surface area contributed by atoms with Gasteiger partial charge in [-0.1, -0.05) is 52.8 Å². The average Bonchev–Trinajstić information content (AvgIpc) is 3.56. The summed E-state index contributed by atoms with van der Waals surface area (Å²) in [6.45, 7) is 6.63. The fourth-order valence-corrected chi connectivity index (χ4v) is 13.4. The topological polar surface area (TPSA) is 69.6 Å². The Bertz CT molecular complexity index is 2330. The summed E-state index contributed by atoms with van der Waals surface area (Å²) in [5.74, 6) is 2.09. The van der Waals surface area contributed by atoms with E-state index >= 15 is 0 Å². The van der Waals surface area contributed by atoms with Crippen molar-refractivity contribution in [2.45, 2.75) is 108 Å². The van der Waals surface area contributed by atoms with Gasteiger partial charge in [0.1, 0.15) is 0 Å². The van der Waals surface area contributed by atoms with Gasteiger partial charge in [0.15, 0.2) is 0 Å². The Morgan fingerprint density at radius 2 is 1.00 bits per heavy atom. The van der Waals surface area contributed by atoms with Gasteiger partial charge < -0.3 is 14.7 Å². The Kier molecular flexibility index (Phi) is 17.6. The fourth-order valence-electron chi connectivity index (χ4n) is 11.2. The first-order valence-electron chi connectivity index (χ1n) is 23.6. The van der Waals surface area contributed by atoms with Crippen molar-refractivity contribution in [2.75, 3.05) is 51.7 Å². The molecule has 5 heterocycles. The summed E-state index contributed by atoms with van der Waals surface area (Å²) in [6.07, 6.45) is 18.1. The summed E-state index contributed by atoms with van der Waals surface area (Å²) in [5, 5.41) is 2.84. The number of carbonyl (C=O) groups excluding carboxylic acids is 2. The van der Waals surface area contributed by atoms with E-state index in [1.165, 1.54) is 65.7 Å². The molecule has 2 amide bonds. The summed E-state index contributed by atoms with van der Waals surface area (Å²) in [5.41, 5.74) is 9.61. The number of rotatable bonds is 9. The molecule has 2 aromatic carbocycles. The van der Waals surface area contributed by atoms with Crippen LogP contribution in [-0.2, 0) is 35.3 Å². The molecule has 9 rings (SSSR count). The number of nitrogens with zero attached hydrogens (tertiary/aromatic N) is 5. The number of piperidine rings is 3. The second-order valence-corrected chi connectivity index (χ2v) is 22.4. The van der Waals surface area contributed by atoms with E-state index in [0.717, 1.165) is 127 Å². The van der Waals surface area contributed by atoms with Gasteiger partial charge in [0.2, 0.25) is 11.8 Å². The van der Waals surface area contributed by atoms with Crippen LogP contribution in [0.4, 0.5) is 0 Å². The first-order chi connectivity index (χ1) is 31.5. The predicted octanol–water partition coefficient (Wildman–Crippen LogP) is 13.5. The molecule has 3 fully saturated rings. The molecule has 2 aliphatic carbocycles. The molecule has 0 spiro atoms. The van der Waals surface area contributed by atoms with Crippen LogP contribution in [0, 0.1) is 11.8 Å². The molecule has 5 aliphatic rings. The summed E-state index contributed by atoms with van der Waals surface area (Å²) in [6, 6.07) is 12.3. The summed E-state index contributed by atoms with van der Waals surface area (Å²) < 4.78 is 2.00. The van der Waals surface area contributed by atoms with E-state index in [1.54, 1.807) is 0 Å². The van der Waals surface area contributed by atoms with Gasteiger partial charge in [-0.3, -0.25) is 19.6 Å². The number of likely N-dealkylation sites (tertiary alicyclic amines) is 3. The number of benzene rings is 2. The van der Waals surface area contributed by atoms with Crippen molar-refractivity contribution < 1.29 is 9.59 Å². The van der Waals surface area contributed by atoms with Gasteiger partial charge in [0.05, 0.1) is 11.4 Å². The number of carbonyl (C=O) groups is 2. The quantitative estimate of drug-likeness (QED) is 0.156. The lowest BCUT2D eigenvalue weighted by atomic mass is 9.76. The number of fused-ring (bicyclic) bond motifs is 4. The highest BCUT2D eigenvalue weighted by Gasteiger charge is 2.38. The van der Waals surface area contributed by atoms with Gasteiger partial charge in [-0.15, -0.1) is 11.6 Å². The fraction of sp³-hybridized carbons (Fsp3) is 0.529. The van der Waals surface area contributed by atoms with E-state index in [4.69, 9.17) is 68.0 Å². The Hall–Kier alpha value is -1.95. The third-order valence-electron chi connectivity index (χ3n) is 14.4. The smallest absolute Gasteiger partial charge is 0.222 e. The Labute approximate surface area is 426 Å². The highest BCUT2D eigenvalue weighted by molar-refractivity contribution is 9.10. The van der Waals surface area contributed by atoms with Gasteiger partial charge in [-0.25, -0.2) is 0 Å². The van der Waals surface area contributed by atoms with Gasteiger partial charge in [0.25, 0.3) is 0 Å². The minimum Gasteiger partial charge on any atom is -0.343 e. The van der Waals surface area contributed by atoms with E-state index in [2.05, 4.69) is 65.9 Å². The summed E-state index contributed by atoms with van der Waals surface area (Å²) in [4.78, 5) is 41.8. The van der Waals surface area contributed by atoms with E-state index < -0.39 is 0 Å². The molecule has 3 aliphatic heterocycles. The number of hydrogen-bond acceptors (Lipinski definition) is 5. The van der Waals surface area contributed by atoms with Crippen molar-refractivity contribution in [3.05, 3.63) is 123 Å². The lowest BCUT2D eigenvalue weighted by Crippen LogP contribution is -2.40. The van der Waals surface area contributed by atoms with Crippen molar-refractivity contribution in [1.82, 2.24) is 24.7 Å². The van der Waals surface area contributed by atoms with Crippen LogP contribution in [0.15, 0.2) is 57.7 Å². The number of aromatic nitrogens is 2. The van der Waals surface area contributed by atoms with Crippen LogP contribution in [0.5, 0.6) is 0 Å². The highest BCUT2D eigenvalue weighted by Crippen LogP contribution is 2.48. The van der Waals surface area contributed by atoms with Crippen molar-refractivity contribution in [2.24, 2.45) is 11.8 Å². The van der Waals surface area contributed by atoms with Crippen molar-refractivity contribution in [3.63, 3.8) is 0 Å². The molecule has 2 unspecified atom stereocenters. The number of pyridine rings is 2. The standard InChI is InChI=1S/C28H34BrCl2N3O.C23H24BrCl3N2O/c29-22-15-21-7-6-20-16-23(30)17-24(31)26(20)27(28(21)32-18-22)19-8-13-34(14-9-19)25(35)5-4-12-33-10-2-1-3-11-33;24-17-10-16-4-3-15-11-18(26)12-19(27)21(15)22(23(16)28-13-17)14-5-8-29(9-6-14)20(30)2-1-7-25/h15-19,27H,1-14H2;10-14,22H,1-9H2. The number of alkyl halides is 1.